The number of rotatable bonds is 12. The summed E-state index contributed by atoms with van der Waals surface area (Å²) in [7, 11) is 0. The van der Waals surface area contributed by atoms with Crippen LogP contribution in [0.2, 0.25) is 0 Å². The van der Waals surface area contributed by atoms with Gasteiger partial charge in [-0.25, -0.2) is 4.79 Å². The van der Waals surface area contributed by atoms with E-state index in [1.165, 1.54) is 0 Å². The average Bonchev–Trinajstić information content (AvgIpc) is 3.27. The fraction of sp³-hybridized carbons (Fsp3) is 0.471. The molecule has 2 rings (SSSR count). The van der Waals surface area contributed by atoms with Crippen LogP contribution in [-0.2, 0) is 22.7 Å². The molecule has 0 aliphatic rings. The molecular formula is C17H24N2O5. The normalized spacial score (nSPS) is 10.7. The van der Waals surface area contributed by atoms with E-state index in [0.29, 0.717) is 39.5 Å². The monoisotopic (exact) mass is 336 g/mol. The van der Waals surface area contributed by atoms with Crippen molar-refractivity contribution >= 4 is 6.03 Å². The Hall–Kier alpha value is -2.25. The Labute approximate surface area is 141 Å². The van der Waals surface area contributed by atoms with E-state index < -0.39 is 0 Å². The van der Waals surface area contributed by atoms with E-state index in [4.69, 9.17) is 18.3 Å². The summed E-state index contributed by atoms with van der Waals surface area (Å²) in [6.45, 7) is 3.19. The number of furan rings is 2. The van der Waals surface area contributed by atoms with E-state index in [-0.39, 0.29) is 6.03 Å². The highest BCUT2D eigenvalue weighted by molar-refractivity contribution is 5.73. The zero-order valence-corrected chi connectivity index (χ0v) is 13.7. The molecule has 2 N–H and O–H groups in total. The van der Waals surface area contributed by atoms with E-state index >= 15 is 0 Å². The third-order valence-corrected chi connectivity index (χ3v) is 3.15. The van der Waals surface area contributed by atoms with Gasteiger partial charge in [0.2, 0.25) is 0 Å². The summed E-state index contributed by atoms with van der Waals surface area (Å²) in [5.74, 6) is 1.60. The topological polar surface area (TPSA) is 85.9 Å². The van der Waals surface area contributed by atoms with Crippen LogP contribution >= 0.6 is 0 Å². The second-order valence-corrected chi connectivity index (χ2v) is 5.15. The lowest BCUT2D eigenvalue weighted by Gasteiger charge is -2.08. The Kier molecular flexibility index (Phi) is 8.53. The standard InChI is InChI=1S/C17H24N2O5/c20-17(18-7-3-9-21-13-15-5-1-11-23-15)19-8-4-10-22-14-16-6-2-12-24-16/h1-2,5-6,11-12H,3-4,7-10,13-14H2,(H2,18,19,20). The molecule has 2 heterocycles. The number of ether oxygens (including phenoxy) is 2. The molecule has 0 unspecified atom stereocenters. The van der Waals surface area contributed by atoms with Crippen LogP contribution in [0, 0.1) is 0 Å². The molecule has 0 spiro atoms. The van der Waals surface area contributed by atoms with Crippen molar-refractivity contribution < 1.29 is 23.1 Å². The minimum absolute atomic E-state index is 0.174. The molecule has 2 aromatic rings. The summed E-state index contributed by atoms with van der Waals surface area (Å²) in [6, 6.07) is 7.21. The molecule has 0 aliphatic carbocycles. The second kappa shape index (κ2) is 11.3. The summed E-state index contributed by atoms with van der Waals surface area (Å²) >= 11 is 0. The van der Waals surface area contributed by atoms with Gasteiger partial charge in [-0.15, -0.1) is 0 Å². The first-order valence-corrected chi connectivity index (χ1v) is 8.06. The molecule has 2 aromatic heterocycles. The Morgan fingerprint density at radius 3 is 1.79 bits per heavy atom. The van der Waals surface area contributed by atoms with Crippen molar-refractivity contribution in [3.05, 3.63) is 48.3 Å². The van der Waals surface area contributed by atoms with Crippen LogP contribution in [0.5, 0.6) is 0 Å². The molecule has 2 amide bonds. The SMILES string of the molecule is O=C(NCCCOCc1ccco1)NCCCOCc1ccco1. The smallest absolute Gasteiger partial charge is 0.314 e. The van der Waals surface area contributed by atoms with Gasteiger partial charge in [-0.3, -0.25) is 0 Å². The van der Waals surface area contributed by atoms with Gasteiger partial charge in [0.05, 0.1) is 12.5 Å². The van der Waals surface area contributed by atoms with Crippen LogP contribution in [-0.4, -0.2) is 32.3 Å². The van der Waals surface area contributed by atoms with Crippen LogP contribution in [0.25, 0.3) is 0 Å². The highest BCUT2D eigenvalue weighted by Crippen LogP contribution is 2.02. The van der Waals surface area contributed by atoms with Crippen molar-refractivity contribution in [3.8, 4) is 0 Å². The number of urea groups is 1. The second-order valence-electron chi connectivity index (χ2n) is 5.15. The maximum absolute atomic E-state index is 11.5. The van der Waals surface area contributed by atoms with Gasteiger partial charge in [0, 0.05) is 26.3 Å². The third kappa shape index (κ3) is 7.85. The molecule has 7 nitrogen and oxygen atoms in total. The molecule has 0 fully saturated rings. The Morgan fingerprint density at radius 2 is 1.38 bits per heavy atom. The molecular weight excluding hydrogens is 312 g/mol. The van der Waals surface area contributed by atoms with E-state index in [1.807, 2.05) is 24.3 Å². The van der Waals surface area contributed by atoms with E-state index in [9.17, 15) is 4.79 Å². The fourth-order valence-electron chi connectivity index (χ4n) is 1.95. The van der Waals surface area contributed by atoms with Crippen molar-refractivity contribution in [1.29, 1.82) is 0 Å². The summed E-state index contributed by atoms with van der Waals surface area (Å²) in [4.78, 5) is 11.5. The molecule has 0 saturated heterocycles. The lowest BCUT2D eigenvalue weighted by Crippen LogP contribution is -2.37. The summed E-state index contributed by atoms with van der Waals surface area (Å²) < 4.78 is 21.2. The first kappa shape index (κ1) is 18.1. The lowest BCUT2D eigenvalue weighted by atomic mass is 10.4. The number of carbonyl (C=O) groups is 1. The first-order chi connectivity index (χ1) is 11.8. The van der Waals surface area contributed by atoms with Crippen LogP contribution < -0.4 is 10.6 Å². The number of carbonyl (C=O) groups excluding carboxylic acids is 1. The van der Waals surface area contributed by atoms with Gasteiger partial charge in [-0.05, 0) is 37.1 Å². The number of hydrogen-bond donors (Lipinski definition) is 2. The van der Waals surface area contributed by atoms with Crippen molar-refractivity contribution in [1.82, 2.24) is 10.6 Å². The van der Waals surface area contributed by atoms with Crippen molar-refractivity contribution in [2.45, 2.75) is 26.1 Å². The fourth-order valence-corrected chi connectivity index (χ4v) is 1.95. The maximum Gasteiger partial charge on any atom is 0.314 e. The van der Waals surface area contributed by atoms with Crippen molar-refractivity contribution in [2.24, 2.45) is 0 Å². The van der Waals surface area contributed by atoms with Crippen molar-refractivity contribution in [3.63, 3.8) is 0 Å². The zero-order valence-electron chi connectivity index (χ0n) is 13.7. The highest BCUT2D eigenvalue weighted by Gasteiger charge is 2.00. The van der Waals surface area contributed by atoms with Crippen molar-refractivity contribution in [2.75, 3.05) is 26.3 Å². The quantitative estimate of drug-likeness (QED) is 0.582. The molecule has 0 saturated carbocycles. The Morgan fingerprint density at radius 1 is 0.875 bits per heavy atom. The van der Waals surface area contributed by atoms with Crippen LogP contribution in [0.3, 0.4) is 0 Å². The van der Waals surface area contributed by atoms with E-state index in [0.717, 1.165) is 24.4 Å². The molecule has 0 aromatic carbocycles. The lowest BCUT2D eigenvalue weighted by molar-refractivity contribution is 0.103. The van der Waals surface area contributed by atoms with Crippen LogP contribution in [0.4, 0.5) is 4.79 Å². The average molecular weight is 336 g/mol. The van der Waals surface area contributed by atoms with Gasteiger partial charge < -0.3 is 28.9 Å². The predicted octanol–water partition coefficient (Wildman–Crippen LogP) is 2.69. The molecule has 24 heavy (non-hydrogen) atoms. The first-order valence-electron chi connectivity index (χ1n) is 8.06. The van der Waals surface area contributed by atoms with Gasteiger partial charge in [-0.2, -0.15) is 0 Å². The third-order valence-electron chi connectivity index (χ3n) is 3.15. The van der Waals surface area contributed by atoms with E-state index in [2.05, 4.69) is 10.6 Å². The molecule has 0 aliphatic heterocycles. The summed E-state index contributed by atoms with van der Waals surface area (Å²) in [6.07, 6.45) is 4.74. The summed E-state index contributed by atoms with van der Waals surface area (Å²) in [5.41, 5.74) is 0. The minimum atomic E-state index is -0.174. The Balaban J connectivity index is 1.34. The predicted molar refractivity (Wildman–Crippen MR) is 87.4 cm³/mol. The Bertz CT molecular complexity index is 491. The van der Waals surface area contributed by atoms with E-state index in [1.54, 1.807) is 12.5 Å². The maximum atomic E-state index is 11.5. The number of amides is 2. The highest BCUT2D eigenvalue weighted by atomic mass is 16.5. The van der Waals surface area contributed by atoms with Gasteiger partial charge >= 0.3 is 6.03 Å². The number of nitrogens with one attached hydrogen (secondary N) is 2. The molecule has 132 valence electrons. The summed E-state index contributed by atoms with van der Waals surface area (Å²) in [5, 5.41) is 5.56. The van der Waals surface area contributed by atoms with Gasteiger partial charge in [0.1, 0.15) is 24.7 Å². The van der Waals surface area contributed by atoms with Gasteiger partial charge in [-0.1, -0.05) is 0 Å². The molecule has 7 heteroatoms. The molecule has 0 radical (unpaired) electrons. The van der Waals surface area contributed by atoms with Gasteiger partial charge in [0.15, 0.2) is 0 Å². The van der Waals surface area contributed by atoms with Gasteiger partial charge in [0.25, 0.3) is 0 Å². The number of hydrogen-bond acceptors (Lipinski definition) is 5. The molecule has 0 bridgehead atoms. The zero-order chi connectivity index (χ0) is 16.9. The minimum Gasteiger partial charge on any atom is -0.467 e. The largest absolute Gasteiger partial charge is 0.467 e. The van der Waals surface area contributed by atoms with Crippen LogP contribution in [0.1, 0.15) is 24.4 Å². The molecule has 0 atom stereocenters. The van der Waals surface area contributed by atoms with Crippen LogP contribution in [0.15, 0.2) is 45.6 Å².